The molecule has 1 aliphatic heterocycles. The van der Waals surface area contributed by atoms with Crippen LogP contribution in [0, 0.1) is 0 Å². The van der Waals surface area contributed by atoms with Gasteiger partial charge in [-0.25, -0.2) is 0 Å². The van der Waals surface area contributed by atoms with Gasteiger partial charge in [0, 0.05) is 29.8 Å². The van der Waals surface area contributed by atoms with Crippen molar-refractivity contribution in [2.45, 2.75) is 18.9 Å². The van der Waals surface area contributed by atoms with E-state index in [-0.39, 0.29) is 12.0 Å². The van der Waals surface area contributed by atoms with E-state index < -0.39 is 0 Å². The van der Waals surface area contributed by atoms with Gasteiger partial charge in [-0.05, 0) is 49.2 Å². The van der Waals surface area contributed by atoms with Crippen molar-refractivity contribution >= 4 is 5.91 Å². The highest BCUT2D eigenvalue weighted by Gasteiger charge is 2.17. The minimum Gasteiger partial charge on any atom is -0.416 e. The van der Waals surface area contributed by atoms with E-state index in [2.05, 4.69) is 15.5 Å². The molecule has 0 aliphatic carbocycles. The van der Waals surface area contributed by atoms with Crippen LogP contribution in [0.3, 0.4) is 0 Å². The van der Waals surface area contributed by atoms with Crippen LogP contribution in [0.1, 0.15) is 23.2 Å². The number of ether oxygens (including phenoxy) is 1. The van der Waals surface area contributed by atoms with Crippen molar-refractivity contribution in [3.05, 3.63) is 60.2 Å². The summed E-state index contributed by atoms with van der Waals surface area (Å²) in [6.07, 6.45) is 2.19. The number of amides is 1. The molecule has 2 aromatic carbocycles. The summed E-state index contributed by atoms with van der Waals surface area (Å²) in [5, 5.41) is 11.1. The minimum atomic E-state index is -0.109. The molecule has 132 valence electrons. The zero-order chi connectivity index (χ0) is 17.8. The van der Waals surface area contributed by atoms with Crippen LogP contribution < -0.4 is 5.32 Å². The summed E-state index contributed by atoms with van der Waals surface area (Å²) in [5.41, 5.74) is 2.24. The largest absolute Gasteiger partial charge is 0.416 e. The van der Waals surface area contributed by atoms with Gasteiger partial charge in [0.1, 0.15) is 0 Å². The fourth-order valence-corrected chi connectivity index (χ4v) is 2.92. The Morgan fingerprint density at radius 1 is 1.00 bits per heavy atom. The Balaban J connectivity index is 1.42. The standard InChI is InChI=1S/C20H19N3O3/c24-18(21-13-17-7-4-12-25-17)14-8-10-16(11-9-14)20-23-22-19(26-20)15-5-2-1-3-6-15/h1-3,5-6,8-11,17H,4,7,12-13H2,(H,21,24)/t17-/m0/s1. The molecule has 0 spiro atoms. The molecule has 0 saturated carbocycles. The van der Waals surface area contributed by atoms with E-state index in [1.807, 2.05) is 42.5 Å². The van der Waals surface area contributed by atoms with Crippen LogP contribution in [-0.4, -0.2) is 35.4 Å². The molecule has 1 saturated heterocycles. The van der Waals surface area contributed by atoms with Gasteiger partial charge in [-0.15, -0.1) is 10.2 Å². The van der Waals surface area contributed by atoms with Gasteiger partial charge in [0.15, 0.2) is 0 Å². The van der Waals surface area contributed by atoms with Crippen molar-refractivity contribution in [3.8, 4) is 22.9 Å². The molecule has 26 heavy (non-hydrogen) atoms. The van der Waals surface area contributed by atoms with Crippen molar-refractivity contribution in [3.63, 3.8) is 0 Å². The van der Waals surface area contributed by atoms with Crippen LogP contribution >= 0.6 is 0 Å². The second-order valence-corrected chi connectivity index (χ2v) is 6.20. The zero-order valence-corrected chi connectivity index (χ0v) is 14.2. The summed E-state index contributed by atoms with van der Waals surface area (Å²) in [7, 11) is 0. The Labute approximate surface area is 151 Å². The highest BCUT2D eigenvalue weighted by Crippen LogP contribution is 2.23. The van der Waals surface area contributed by atoms with Crippen LogP contribution in [0.15, 0.2) is 59.0 Å². The number of hydrogen-bond donors (Lipinski definition) is 1. The molecule has 1 atom stereocenters. The van der Waals surface area contributed by atoms with Crippen LogP contribution in [0.4, 0.5) is 0 Å². The van der Waals surface area contributed by atoms with E-state index in [1.54, 1.807) is 12.1 Å². The first-order valence-corrected chi connectivity index (χ1v) is 8.69. The number of nitrogens with one attached hydrogen (secondary N) is 1. The SMILES string of the molecule is O=C(NC[C@@H]1CCCO1)c1ccc(-c2nnc(-c3ccccc3)o2)cc1. The summed E-state index contributed by atoms with van der Waals surface area (Å²) in [6, 6.07) is 16.7. The molecular formula is C20H19N3O3. The van der Waals surface area contributed by atoms with Crippen LogP contribution in [0.5, 0.6) is 0 Å². The summed E-state index contributed by atoms with van der Waals surface area (Å²) in [5.74, 6) is 0.789. The Morgan fingerprint density at radius 2 is 1.69 bits per heavy atom. The smallest absolute Gasteiger partial charge is 0.251 e. The molecule has 1 amide bonds. The molecule has 2 heterocycles. The maximum Gasteiger partial charge on any atom is 0.251 e. The lowest BCUT2D eigenvalue weighted by molar-refractivity contribution is 0.0858. The molecule has 6 heteroatoms. The van der Waals surface area contributed by atoms with E-state index in [4.69, 9.17) is 9.15 Å². The zero-order valence-electron chi connectivity index (χ0n) is 14.2. The first-order chi connectivity index (χ1) is 12.8. The van der Waals surface area contributed by atoms with Crippen LogP contribution in [0.25, 0.3) is 22.9 Å². The molecule has 1 aliphatic rings. The van der Waals surface area contributed by atoms with Crippen molar-refractivity contribution in [1.82, 2.24) is 15.5 Å². The second kappa shape index (κ2) is 7.49. The first kappa shape index (κ1) is 16.5. The Kier molecular flexibility index (Phi) is 4.75. The van der Waals surface area contributed by atoms with Gasteiger partial charge < -0.3 is 14.5 Å². The van der Waals surface area contributed by atoms with Gasteiger partial charge in [-0.2, -0.15) is 0 Å². The first-order valence-electron chi connectivity index (χ1n) is 8.69. The van der Waals surface area contributed by atoms with E-state index in [0.29, 0.717) is 23.9 Å². The highest BCUT2D eigenvalue weighted by molar-refractivity contribution is 5.94. The van der Waals surface area contributed by atoms with Crippen LogP contribution in [-0.2, 0) is 4.74 Å². The number of nitrogens with zero attached hydrogens (tertiary/aromatic N) is 2. The number of hydrogen-bond acceptors (Lipinski definition) is 5. The summed E-state index contributed by atoms with van der Waals surface area (Å²) in [6.45, 7) is 1.33. The predicted octanol–water partition coefficient (Wildman–Crippen LogP) is 3.31. The molecule has 0 bridgehead atoms. The number of rotatable bonds is 5. The lowest BCUT2D eigenvalue weighted by Crippen LogP contribution is -2.31. The van der Waals surface area contributed by atoms with Gasteiger partial charge >= 0.3 is 0 Å². The van der Waals surface area contributed by atoms with E-state index in [9.17, 15) is 4.79 Å². The maximum absolute atomic E-state index is 12.2. The summed E-state index contributed by atoms with van der Waals surface area (Å²) < 4.78 is 11.2. The number of carbonyl (C=O) groups excluding carboxylic acids is 1. The third kappa shape index (κ3) is 3.65. The normalized spacial score (nSPS) is 16.5. The van der Waals surface area contributed by atoms with Gasteiger partial charge in [0.2, 0.25) is 11.8 Å². The Morgan fingerprint density at radius 3 is 2.35 bits per heavy atom. The molecule has 6 nitrogen and oxygen atoms in total. The maximum atomic E-state index is 12.2. The number of aromatic nitrogens is 2. The van der Waals surface area contributed by atoms with Crippen molar-refractivity contribution in [1.29, 1.82) is 0 Å². The van der Waals surface area contributed by atoms with Gasteiger partial charge in [-0.3, -0.25) is 4.79 Å². The van der Waals surface area contributed by atoms with Gasteiger partial charge in [0.25, 0.3) is 5.91 Å². The predicted molar refractivity (Wildman–Crippen MR) is 96.5 cm³/mol. The van der Waals surface area contributed by atoms with E-state index in [1.165, 1.54) is 0 Å². The quantitative estimate of drug-likeness (QED) is 0.765. The molecule has 0 radical (unpaired) electrons. The monoisotopic (exact) mass is 349 g/mol. The molecular weight excluding hydrogens is 330 g/mol. The van der Waals surface area contributed by atoms with Crippen molar-refractivity contribution in [2.75, 3.05) is 13.2 Å². The topological polar surface area (TPSA) is 77.2 Å². The fourth-order valence-electron chi connectivity index (χ4n) is 2.92. The van der Waals surface area contributed by atoms with Gasteiger partial charge in [-0.1, -0.05) is 18.2 Å². The number of carbonyl (C=O) groups is 1. The molecule has 1 aromatic heterocycles. The van der Waals surface area contributed by atoms with Gasteiger partial charge in [0.05, 0.1) is 6.10 Å². The lowest BCUT2D eigenvalue weighted by atomic mass is 10.1. The van der Waals surface area contributed by atoms with E-state index in [0.717, 1.165) is 30.6 Å². The molecule has 0 unspecified atom stereocenters. The van der Waals surface area contributed by atoms with Crippen molar-refractivity contribution in [2.24, 2.45) is 0 Å². The molecule has 4 rings (SSSR count). The van der Waals surface area contributed by atoms with Crippen LogP contribution in [0.2, 0.25) is 0 Å². The van der Waals surface area contributed by atoms with E-state index >= 15 is 0 Å². The average molecular weight is 349 g/mol. The Hall–Kier alpha value is -2.99. The second-order valence-electron chi connectivity index (χ2n) is 6.20. The molecule has 1 N–H and O–H groups in total. The third-order valence-electron chi connectivity index (χ3n) is 4.35. The Bertz CT molecular complexity index is 869. The molecule has 1 fully saturated rings. The summed E-state index contributed by atoms with van der Waals surface area (Å²) >= 11 is 0. The summed E-state index contributed by atoms with van der Waals surface area (Å²) in [4.78, 5) is 12.2. The lowest BCUT2D eigenvalue weighted by Gasteiger charge is -2.10. The average Bonchev–Trinajstić information content (AvgIpc) is 3.39. The third-order valence-corrected chi connectivity index (χ3v) is 4.35. The molecule has 3 aromatic rings. The van der Waals surface area contributed by atoms with Crippen molar-refractivity contribution < 1.29 is 13.9 Å². The fraction of sp³-hybridized carbons (Fsp3) is 0.250. The minimum absolute atomic E-state index is 0.109. The highest BCUT2D eigenvalue weighted by atomic mass is 16.5. The number of benzene rings is 2.